The van der Waals surface area contributed by atoms with Crippen molar-refractivity contribution in [1.82, 2.24) is 15.3 Å². The van der Waals surface area contributed by atoms with Crippen molar-refractivity contribution in [2.45, 2.75) is 25.4 Å². The van der Waals surface area contributed by atoms with Crippen LogP contribution in [0.5, 0.6) is 0 Å². The molecule has 0 spiro atoms. The standard InChI is InChI=1S/C16H20N4O3/c1-12-14(19-11-23-12)15(21)18-9-16(22)6-4-8-20(10-16)13-5-2-3-7-17-13/h2-3,5,7,11,22H,4,6,8-10H2,1H3,(H,18,21)/t16-/m0/s1. The van der Waals surface area contributed by atoms with Gasteiger partial charge in [0.2, 0.25) is 0 Å². The number of hydrogen-bond donors (Lipinski definition) is 2. The Morgan fingerprint density at radius 3 is 3.04 bits per heavy atom. The van der Waals surface area contributed by atoms with Crippen molar-refractivity contribution in [3.8, 4) is 0 Å². The Labute approximate surface area is 134 Å². The summed E-state index contributed by atoms with van der Waals surface area (Å²) in [4.78, 5) is 22.3. The monoisotopic (exact) mass is 316 g/mol. The Morgan fingerprint density at radius 2 is 2.35 bits per heavy atom. The molecule has 0 aliphatic carbocycles. The van der Waals surface area contributed by atoms with Crippen molar-refractivity contribution >= 4 is 11.7 Å². The van der Waals surface area contributed by atoms with Gasteiger partial charge in [0, 0.05) is 25.8 Å². The van der Waals surface area contributed by atoms with Gasteiger partial charge < -0.3 is 19.7 Å². The lowest BCUT2D eigenvalue weighted by Crippen LogP contribution is -2.54. The third-order valence-electron chi connectivity index (χ3n) is 4.07. The molecule has 1 fully saturated rings. The molecule has 23 heavy (non-hydrogen) atoms. The second-order valence-corrected chi connectivity index (χ2v) is 5.88. The number of amides is 1. The van der Waals surface area contributed by atoms with Crippen LogP contribution < -0.4 is 10.2 Å². The van der Waals surface area contributed by atoms with Crippen molar-refractivity contribution < 1.29 is 14.3 Å². The van der Waals surface area contributed by atoms with Gasteiger partial charge in [-0.25, -0.2) is 9.97 Å². The number of anilines is 1. The lowest BCUT2D eigenvalue weighted by molar-refractivity contribution is 0.0253. The average Bonchev–Trinajstić information content (AvgIpc) is 3.00. The van der Waals surface area contributed by atoms with Gasteiger partial charge in [-0.3, -0.25) is 4.79 Å². The Bertz CT molecular complexity index is 673. The molecular weight excluding hydrogens is 296 g/mol. The Kier molecular flexibility index (Phi) is 4.29. The van der Waals surface area contributed by atoms with Crippen LogP contribution in [0.1, 0.15) is 29.1 Å². The molecule has 0 bridgehead atoms. The van der Waals surface area contributed by atoms with Gasteiger partial charge in [0.15, 0.2) is 12.1 Å². The second-order valence-electron chi connectivity index (χ2n) is 5.88. The van der Waals surface area contributed by atoms with E-state index in [0.717, 1.165) is 18.8 Å². The van der Waals surface area contributed by atoms with E-state index in [4.69, 9.17) is 4.42 Å². The summed E-state index contributed by atoms with van der Waals surface area (Å²) in [6.07, 6.45) is 4.45. The van der Waals surface area contributed by atoms with Crippen LogP contribution in [0.4, 0.5) is 5.82 Å². The van der Waals surface area contributed by atoms with Crippen LogP contribution in [0.25, 0.3) is 0 Å². The van der Waals surface area contributed by atoms with Crippen LogP contribution in [0.15, 0.2) is 35.2 Å². The molecule has 2 aromatic heterocycles. The van der Waals surface area contributed by atoms with Crippen molar-refractivity contribution in [2.24, 2.45) is 0 Å². The third-order valence-corrected chi connectivity index (χ3v) is 4.07. The molecule has 0 unspecified atom stereocenters. The van der Waals surface area contributed by atoms with E-state index in [1.807, 2.05) is 23.1 Å². The zero-order valence-electron chi connectivity index (χ0n) is 13.0. The van der Waals surface area contributed by atoms with Crippen molar-refractivity contribution in [2.75, 3.05) is 24.5 Å². The number of oxazole rings is 1. The molecule has 2 aromatic rings. The number of rotatable bonds is 4. The maximum absolute atomic E-state index is 12.1. The van der Waals surface area contributed by atoms with Gasteiger partial charge >= 0.3 is 0 Å². The van der Waals surface area contributed by atoms with E-state index in [1.165, 1.54) is 6.39 Å². The normalized spacial score (nSPS) is 21.2. The van der Waals surface area contributed by atoms with E-state index in [1.54, 1.807) is 13.1 Å². The van der Waals surface area contributed by atoms with Gasteiger partial charge in [0.1, 0.15) is 11.6 Å². The van der Waals surface area contributed by atoms with Crippen LogP contribution in [-0.4, -0.2) is 46.2 Å². The molecular formula is C16H20N4O3. The number of piperidine rings is 1. The summed E-state index contributed by atoms with van der Waals surface area (Å²) in [7, 11) is 0. The highest BCUT2D eigenvalue weighted by atomic mass is 16.3. The van der Waals surface area contributed by atoms with Gasteiger partial charge in [-0.15, -0.1) is 0 Å². The number of pyridine rings is 1. The predicted octanol–water partition coefficient (Wildman–Crippen LogP) is 1.14. The molecule has 0 saturated carbocycles. The Morgan fingerprint density at radius 1 is 1.48 bits per heavy atom. The summed E-state index contributed by atoms with van der Waals surface area (Å²) >= 11 is 0. The van der Waals surface area contributed by atoms with E-state index in [0.29, 0.717) is 18.7 Å². The summed E-state index contributed by atoms with van der Waals surface area (Å²) in [5, 5.41) is 13.5. The number of nitrogens with zero attached hydrogens (tertiary/aromatic N) is 3. The molecule has 0 aromatic carbocycles. The molecule has 1 saturated heterocycles. The Balaban J connectivity index is 1.62. The zero-order valence-corrected chi connectivity index (χ0v) is 13.0. The van der Waals surface area contributed by atoms with Gasteiger partial charge in [0.25, 0.3) is 5.91 Å². The minimum absolute atomic E-state index is 0.168. The maximum Gasteiger partial charge on any atom is 0.273 e. The van der Waals surface area contributed by atoms with Crippen LogP contribution in [0, 0.1) is 6.92 Å². The highest BCUT2D eigenvalue weighted by Crippen LogP contribution is 2.24. The second kappa shape index (κ2) is 6.37. The third kappa shape index (κ3) is 3.50. The van der Waals surface area contributed by atoms with Crippen molar-refractivity contribution in [3.05, 3.63) is 42.2 Å². The molecule has 0 radical (unpaired) electrons. The molecule has 1 atom stereocenters. The number of carbonyl (C=O) groups is 1. The zero-order chi connectivity index (χ0) is 16.3. The van der Waals surface area contributed by atoms with Crippen LogP contribution in [0.3, 0.4) is 0 Å². The molecule has 7 nitrogen and oxygen atoms in total. The first-order valence-electron chi connectivity index (χ1n) is 7.64. The molecule has 2 N–H and O–H groups in total. The SMILES string of the molecule is Cc1ocnc1C(=O)NC[C@@]1(O)CCCN(c2ccccn2)C1. The maximum atomic E-state index is 12.1. The largest absolute Gasteiger partial charge is 0.448 e. The van der Waals surface area contributed by atoms with E-state index < -0.39 is 5.60 Å². The molecule has 122 valence electrons. The predicted molar refractivity (Wildman–Crippen MR) is 84.2 cm³/mol. The Hall–Kier alpha value is -2.41. The minimum atomic E-state index is -0.983. The van der Waals surface area contributed by atoms with Crippen LogP contribution >= 0.6 is 0 Å². The lowest BCUT2D eigenvalue weighted by Gasteiger charge is -2.39. The molecule has 7 heteroatoms. The van der Waals surface area contributed by atoms with Gasteiger partial charge in [-0.1, -0.05) is 6.07 Å². The molecule has 1 aliphatic heterocycles. The minimum Gasteiger partial charge on any atom is -0.448 e. The summed E-state index contributed by atoms with van der Waals surface area (Å²) in [5.74, 6) is 0.970. The van der Waals surface area contributed by atoms with E-state index in [2.05, 4.69) is 15.3 Å². The number of β-amino-alcohol motifs (C(OH)–C–C–N with tert-alkyl or cyclic N) is 1. The first kappa shape index (κ1) is 15.5. The van der Waals surface area contributed by atoms with E-state index >= 15 is 0 Å². The van der Waals surface area contributed by atoms with Crippen molar-refractivity contribution in [3.63, 3.8) is 0 Å². The number of carbonyl (C=O) groups excluding carboxylic acids is 1. The summed E-state index contributed by atoms with van der Waals surface area (Å²) < 4.78 is 5.03. The number of aliphatic hydroxyl groups is 1. The van der Waals surface area contributed by atoms with Crippen LogP contribution in [-0.2, 0) is 0 Å². The lowest BCUT2D eigenvalue weighted by atomic mass is 9.92. The summed E-state index contributed by atoms with van der Waals surface area (Å²) in [5.41, 5.74) is -0.728. The van der Waals surface area contributed by atoms with Gasteiger partial charge in [-0.05, 0) is 31.9 Å². The topological polar surface area (TPSA) is 91.5 Å². The number of hydrogen-bond acceptors (Lipinski definition) is 6. The molecule has 3 rings (SSSR count). The first-order chi connectivity index (χ1) is 11.1. The smallest absolute Gasteiger partial charge is 0.273 e. The van der Waals surface area contributed by atoms with Crippen LogP contribution in [0.2, 0.25) is 0 Å². The van der Waals surface area contributed by atoms with E-state index in [9.17, 15) is 9.90 Å². The quantitative estimate of drug-likeness (QED) is 0.879. The first-order valence-corrected chi connectivity index (χ1v) is 7.64. The number of nitrogens with one attached hydrogen (secondary N) is 1. The highest BCUT2D eigenvalue weighted by molar-refractivity contribution is 5.93. The summed E-state index contributed by atoms with van der Waals surface area (Å²) in [6, 6.07) is 5.70. The van der Waals surface area contributed by atoms with Gasteiger partial charge in [-0.2, -0.15) is 0 Å². The average molecular weight is 316 g/mol. The number of aromatic nitrogens is 2. The molecule has 1 aliphatic rings. The number of aryl methyl sites for hydroxylation is 1. The highest BCUT2D eigenvalue weighted by Gasteiger charge is 2.34. The fraction of sp³-hybridized carbons (Fsp3) is 0.438. The molecule has 3 heterocycles. The summed E-state index contributed by atoms with van der Waals surface area (Å²) in [6.45, 7) is 3.12. The molecule has 1 amide bonds. The van der Waals surface area contributed by atoms with E-state index in [-0.39, 0.29) is 18.1 Å². The van der Waals surface area contributed by atoms with Gasteiger partial charge in [0.05, 0.1) is 5.60 Å². The fourth-order valence-electron chi connectivity index (χ4n) is 2.84. The van der Waals surface area contributed by atoms with Crippen molar-refractivity contribution in [1.29, 1.82) is 0 Å². The fourth-order valence-corrected chi connectivity index (χ4v) is 2.84.